The molecule has 2 aromatic carbocycles. The Morgan fingerprint density at radius 2 is 1.88 bits per heavy atom. The Labute approximate surface area is 139 Å². The first-order valence-electron chi connectivity index (χ1n) is 7.59. The highest BCUT2D eigenvalue weighted by Crippen LogP contribution is 2.20. The summed E-state index contributed by atoms with van der Waals surface area (Å²) in [7, 11) is 0. The van der Waals surface area contributed by atoms with E-state index in [2.05, 4.69) is 10.3 Å². The number of carboxylic acids is 1. The number of carbonyl (C=O) groups excluding carboxylic acids is 1. The number of pyridine rings is 1. The number of aromatic nitrogens is 1. The van der Waals surface area contributed by atoms with Crippen LogP contribution in [0.4, 0.5) is 5.69 Å². The first-order valence-corrected chi connectivity index (χ1v) is 7.59. The lowest BCUT2D eigenvalue weighted by molar-refractivity contribution is -0.116. The first kappa shape index (κ1) is 15.7. The van der Waals surface area contributed by atoms with Crippen LogP contribution in [-0.2, 0) is 11.2 Å². The number of amides is 1. The Morgan fingerprint density at radius 1 is 1.04 bits per heavy atom. The first-order chi connectivity index (χ1) is 11.6. The van der Waals surface area contributed by atoms with Crippen molar-refractivity contribution < 1.29 is 14.7 Å². The number of hydrogen-bond acceptors (Lipinski definition) is 3. The van der Waals surface area contributed by atoms with E-state index in [4.69, 9.17) is 5.11 Å². The van der Waals surface area contributed by atoms with E-state index in [-0.39, 0.29) is 17.9 Å². The summed E-state index contributed by atoms with van der Waals surface area (Å²) in [6, 6.07) is 14.2. The Morgan fingerprint density at radius 3 is 2.71 bits per heavy atom. The largest absolute Gasteiger partial charge is 0.478 e. The van der Waals surface area contributed by atoms with Gasteiger partial charge in [-0.1, -0.05) is 30.3 Å². The summed E-state index contributed by atoms with van der Waals surface area (Å²) < 4.78 is 0. The molecule has 0 fully saturated rings. The van der Waals surface area contributed by atoms with Gasteiger partial charge in [0.15, 0.2) is 0 Å². The molecule has 0 radical (unpaired) electrons. The van der Waals surface area contributed by atoms with Crippen molar-refractivity contribution in [3.63, 3.8) is 0 Å². The van der Waals surface area contributed by atoms with Gasteiger partial charge in [0, 0.05) is 24.2 Å². The van der Waals surface area contributed by atoms with E-state index >= 15 is 0 Å². The Hall–Kier alpha value is -3.21. The Bertz CT molecular complexity index is 901. The average Bonchev–Trinajstić information content (AvgIpc) is 2.60. The van der Waals surface area contributed by atoms with Crippen LogP contribution in [0.3, 0.4) is 0 Å². The molecule has 24 heavy (non-hydrogen) atoms. The molecular formula is C19H16N2O3. The summed E-state index contributed by atoms with van der Waals surface area (Å²) in [5, 5.41) is 13.9. The molecule has 0 saturated carbocycles. The van der Waals surface area contributed by atoms with Crippen LogP contribution >= 0.6 is 0 Å². The van der Waals surface area contributed by atoms with Crippen molar-refractivity contribution in [1.29, 1.82) is 0 Å². The number of aryl methyl sites for hydroxylation is 1. The van der Waals surface area contributed by atoms with E-state index in [9.17, 15) is 9.59 Å². The number of fused-ring (bicyclic) bond motifs is 1. The fourth-order valence-corrected chi connectivity index (χ4v) is 2.65. The molecule has 0 unspecified atom stereocenters. The molecule has 3 aromatic rings. The summed E-state index contributed by atoms with van der Waals surface area (Å²) in [6.07, 6.45) is 4.37. The third-order valence-corrected chi connectivity index (χ3v) is 3.82. The summed E-state index contributed by atoms with van der Waals surface area (Å²) in [4.78, 5) is 27.4. The molecule has 120 valence electrons. The van der Waals surface area contributed by atoms with Crippen molar-refractivity contribution in [3.8, 4) is 0 Å². The smallest absolute Gasteiger partial charge is 0.337 e. The molecule has 1 amide bonds. The molecule has 0 bridgehead atoms. The minimum atomic E-state index is -1.06. The molecule has 1 aromatic heterocycles. The molecule has 0 aliphatic heterocycles. The summed E-state index contributed by atoms with van der Waals surface area (Å²) in [5.41, 5.74) is 1.47. The molecule has 5 nitrogen and oxygen atoms in total. The summed E-state index contributed by atoms with van der Waals surface area (Å²) >= 11 is 0. The molecule has 3 rings (SSSR count). The number of hydrogen-bond donors (Lipinski definition) is 2. The number of nitrogens with one attached hydrogen (secondary N) is 1. The van der Waals surface area contributed by atoms with Crippen molar-refractivity contribution >= 4 is 28.3 Å². The third kappa shape index (κ3) is 3.41. The average molecular weight is 320 g/mol. The van der Waals surface area contributed by atoms with Crippen LogP contribution < -0.4 is 5.32 Å². The second-order valence-electron chi connectivity index (χ2n) is 5.41. The monoisotopic (exact) mass is 320 g/mol. The molecule has 1 heterocycles. The van der Waals surface area contributed by atoms with Gasteiger partial charge in [0.25, 0.3) is 0 Å². The van der Waals surface area contributed by atoms with Gasteiger partial charge in [-0.3, -0.25) is 9.78 Å². The second-order valence-corrected chi connectivity index (χ2v) is 5.41. The number of rotatable bonds is 5. The molecule has 0 aliphatic rings. The summed E-state index contributed by atoms with van der Waals surface area (Å²) in [5.74, 6) is -1.28. The maximum absolute atomic E-state index is 12.2. The van der Waals surface area contributed by atoms with Gasteiger partial charge >= 0.3 is 5.97 Å². The minimum Gasteiger partial charge on any atom is -0.478 e. The van der Waals surface area contributed by atoms with Gasteiger partial charge in [-0.15, -0.1) is 0 Å². The molecule has 0 spiro atoms. The van der Waals surface area contributed by atoms with Crippen LogP contribution in [0.1, 0.15) is 22.3 Å². The Kier molecular flexibility index (Phi) is 4.52. The predicted octanol–water partition coefficient (Wildman–Crippen LogP) is 3.50. The number of benzene rings is 2. The van der Waals surface area contributed by atoms with Crippen LogP contribution in [0, 0.1) is 0 Å². The molecule has 0 saturated heterocycles. The number of anilines is 1. The van der Waals surface area contributed by atoms with E-state index in [1.807, 2.05) is 24.3 Å². The van der Waals surface area contributed by atoms with Crippen molar-refractivity contribution in [1.82, 2.24) is 4.98 Å². The normalized spacial score (nSPS) is 10.5. The van der Waals surface area contributed by atoms with E-state index in [0.29, 0.717) is 12.1 Å². The highest BCUT2D eigenvalue weighted by Gasteiger charge is 2.12. The highest BCUT2D eigenvalue weighted by molar-refractivity contribution is 6.00. The molecular weight excluding hydrogens is 304 g/mol. The number of para-hydroxylation sites is 1. The molecule has 5 heteroatoms. The van der Waals surface area contributed by atoms with Gasteiger partial charge in [-0.05, 0) is 35.6 Å². The summed E-state index contributed by atoms with van der Waals surface area (Å²) in [6.45, 7) is 0. The SMILES string of the molecule is O=C(CCc1cccc2cnccc12)Nc1ccccc1C(=O)O. The van der Waals surface area contributed by atoms with E-state index < -0.39 is 5.97 Å². The fourth-order valence-electron chi connectivity index (χ4n) is 2.65. The van der Waals surface area contributed by atoms with E-state index in [0.717, 1.165) is 16.3 Å². The van der Waals surface area contributed by atoms with Gasteiger partial charge in [0.2, 0.25) is 5.91 Å². The second kappa shape index (κ2) is 6.91. The van der Waals surface area contributed by atoms with Crippen LogP contribution in [0.5, 0.6) is 0 Å². The lowest BCUT2D eigenvalue weighted by Gasteiger charge is -2.09. The van der Waals surface area contributed by atoms with Crippen molar-refractivity contribution in [3.05, 3.63) is 72.1 Å². The third-order valence-electron chi connectivity index (χ3n) is 3.82. The zero-order valence-electron chi connectivity index (χ0n) is 12.9. The highest BCUT2D eigenvalue weighted by atomic mass is 16.4. The van der Waals surface area contributed by atoms with Crippen LogP contribution in [0.2, 0.25) is 0 Å². The lowest BCUT2D eigenvalue weighted by Crippen LogP contribution is -2.15. The van der Waals surface area contributed by atoms with Gasteiger partial charge in [-0.25, -0.2) is 4.79 Å². The topological polar surface area (TPSA) is 79.3 Å². The molecule has 2 N–H and O–H groups in total. The number of nitrogens with zero attached hydrogens (tertiary/aromatic N) is 1. The zero-order chi connectivity index (χ0) is 16.9. The van der Waals surface area contributed by atoms with E-state index in [1.54, 1.807) is 30.6 Å². The van der Waals surface area contributed by atoms with Gasteiger partial charge in [-0.2, -0.15) is 0 Å². The van der Waals surface area contributed by atoms with Gasteiger partial charge in [0.05, 0.1) is 11.3 Å². The van der Waals surface area contributed by atoms with Crippen LogP contribution in [-0.4, -0.2) is 22.0 Å². The van der Waals surface area contributed by atoms with Crippen molar-refractivity contribution in [2.75, 3.05) is 5.32 Å². The van der Waals surface area contributed by atoms with Gasteiger partial charge in [0.1, 0.15) is 0 Å². The minimum absolute atomic E-state index is 0.0853. The maximum atomic E-state index is 12.2. The molecule has 0 atom stereocenters. The van der Waals surface area contributed by atoms with Crippen LogP contribution in [0.15, 0.2) is 60.9 Å². The number of carboxylic acid groups (broad SMARTS) is 1. The Balaban J connectivity index is 1.71. The van der Waals surface area contributed by atoms with E-state index in [1.165, 1.54) is 6.07 Å². The zero-order valence-corrected chi connectivity index (χ0v) is 12.9. The predicted molar refractivity (Wildman–Crippen MR) is 92.1 cm³/mol. The van der Waals surface area contributed by atoms with Gasteiger partial charge < -0.3 is 10.4 Å². The number of carbonyl (C=O) groups is 2. The standard InChI is InChI=1S/C19H16N2O3/c22-18(21-17-7-2-1-6-16(17)19(23)24)9-8-13-4-3-5-14-12-20-11-10-15(13)14/h1-7,10-12H,8-9H2,(H,21,22)(H,23,24). The lowest BCUT2D eigenvalue weighted by atomic mass is 10.0. The van der Waals surface area contributed by atoms with Crippen LogP contribution in [0.25, 0.3) is 10.8 Å². The van der Waals surface area contributed by atoms with Crippen molar-refractivity contribution in [2.24, 2.45) is 0 Å². The number of aromatic carboxylic acids is 1. The molecule has 0 aliphatic carbocycles. The quantitative estimate of drug-likeness (QED) is 0.754. The van der Waals surface area contributed by atoms with Crippen molar-refractivity contribution in [2.45, 2.75) is 12.8 Å². The fraction of sp³-hybridized carbons (Fsp3) is 0.105. The maximum Gasteiger partial charge on any atom is 0.337 e.